The van der Waals surface area contributed by atoms with E-state index >= 15 is 0 Å². The van der Waals surface area contributed by atoms with Crippen LogP contribution in [0.15, 0.2) is 6.20 Å². The van der Waals surface area contributed by atoms with Gasteiger partial charge in [0.2, 0.25) is 0 Å². The van der Waals surface area contributed by atoms with Gasteiger partial charge >= 0.3 is 5.97 Å². The average molecular weight is 197 g/mol. The molecule has 1 fully saturated rings. The van der Waals surface area contributed by atoms with Crippen molar-refractivity contribution in [3.05, 3.63) is 11.9 Å². The third-order valence-electron chi connectivity index (χ3n) is 2.78. The van der Waals surface area contributed by atoms with Gasteiger partial charge in [-0.05, 0) is 12.8 Å². The van der Waals surface area contributed by atoms with E-state index in [0.29, 0.717) is 5.69 Å². The minimum absolute atomic E-state index is 0.240. The maximum Gasteiger partial charge on any atom is 0.315 e. The van der Waals surface area contributed by atoms with Crippen molar-refractivity contribution in [1.82, 2.24) is 15.0 Å². The summed E-state index contributed by atoms with van der Waals surface area (Å²) in [5, 5.41) is 25.7. The minimum Gasteiger partial charge on any atom is -0.481 e. The van der Waals surface area contributed by atoms with Crippen LogP contribution in [0.3, 0.4) is 0 Å². The lowest BCUT2D eigenvalue weighted by atomic mass is 9.65. The summed E-state index contributed by atoms with van der Waals surface area (Å²) in [5.74, 6) is -0.923. The first-order valence-corrected chi connectivity index (χ1v) is 4.33. The number of aliphatic hydroxyl groups is 1. The number of hydrogen-bond acceptors (Lipinski definition) is 4. The summed E-state index contributed by atoms with van der Waals surface area (Å²) in [6, 6.07) is 0. The Morgan fingerprint density at radius 1 is 1.71 bits per heavy atom. The summed E-state index contributed by atoms with van der Waals surface area (Å²) in [6.07, 6.45) is 1.40. The standard InChI is InChI=1S/C8H11N3O3/c1-11-6(4-9-10-11)8(7(13)14)2-5(12)3-8/h4-5,12H,2-3H2,1H3,(H,13,14). The normalized spacial score (nSPS) is 31.1. The van der Waals surface area contributed by atoms with Crippen molar-refractivity contribution >= 4 is 5.97 Å². The Bertz CT molecular complexity index is 368. The molecule has 1 saturated carbocycles. The molecule has 2 rings (SSSR count). The number of nitrogens with zero attached hydrogens (tertiary/aromatic N) is 3. The minimum atomic E-state index is -0.988. The highest BCUT2D eigenvalue weighted by Gasteiger charge is 2.53. The molecule has 6 heteroatoms. The van der Waals surface area contributed by atoms with E-state index in [4.69, 9.17) is 5.11 Å². The van der Waals surface area contributed by atoms with Crippen LogP contribution in [0.1, 0.15) is 18.5 Å². The van der Waals surface area contributed by atoms with E-state index in [2.05, 4.69) is 10.3 Å². The van der Waals surface area contributed by atoms with Gasteiger partial charge in [0.05, 0.1) is 18.0 Å². The lowest BCUT2D eigenvalue weighted by molar-refractivity contribution is -0.153. The zero-order chi connectivity index (χ0) is 10.3. The number of aryl methyl sites for hydroxylation is 1. The molecule has 0 spiro atoms. The van der Waals surface area contributed by atoms with Crippen molar-refractivity contribution < 1.29 is 15.0 Å². The highest BCUT2D eigenvalue weighted by atomic mass is 16.4. The van der Waals surface area contributed by atoms with Crippen molar-refractivity contribution in [3.63, 3.8) is 0 Å². The zero-order valence-corrected chi connectivity index (χ0v) is 7.71. The molecule has 1 aromatic rings. The van der Waals surface area contributed by atoms with E-state index in [-0.39, 0.29) is 12.8 Å². The van der Waals surface area contributed by atoms with Gasteiger partial charge in [-0.2, -0.15) is 0 Å². The Balaban J connectivity index is 2.39. The maximum absolute atomic E-state index is 11.1. The van der Waals surface area contributed by atoms with Crippen LogP contribution >= 0.6 is 0 Å². The van der Waals surface area contributed by atoms with Crippen molar-refractivity contribution in [2.45, 2.75) is 24.4 Å². The number of carbonyl (C=O) groups is 1. The number of carboxylic acids is 1. The van der Waals surface area contributed by atoms with Gasteiger partial charge < -0.3 is 10.2 Å². The molecule has 0 radical (unpaired) electrons. The molecule has 76 valence electrons. The molecule has 14 heavy (non-hydrogen) atoms. The van der Waals surface area contributed by atoms with E-state index in [1.807, 2.05) is 0 Å². The van der Waals surface area contributed by atoms with Gasteiger partial charge in [0, 0.05) is 7.05 Å². The van der Waals surface area contributed by atoms with Gasteiger partial charge in [-0.3, -0.25) is 9.48 Å². The first-order valence-electron chi connectivity index (χ1n) is 4.33. The molecule has 0 amide bonds. The predicted octanol–water partition coefficient (Wildman–Crippen LogP) is -0.708. The fourth-order valence-electron chi connectivity index (χ4n) is 1.96. The fourth-order valence-corrected chi connectivity index (χ4v) is 1.96. The molecule has 0 aliphatic heterocycles. The van der Waals surface area contributed by atoms with Crippen LogP contribution in [0, 0.1) is 0 Å². The van der Waals surface area contributed by atoms with Gasteiger partial charge in [-0.25, -0.2) is 0 Å². The quantitative estimate of drug-likeness (QED) is 0.654. The van der Waals surface area contributed by atoms with E-state index in [1.165, 1.54) is 10.9 Å². The first kappa shape index (κ1) is 9.14. The van der Waals surface area contributed by atoms with Crippen molar-refractivity contribution in [2.75, 3.05) is 0 Å². The molecule has 1 aliphatic carbocycles. The van der Waals surface area contributed by atoms with Crippen molar-refractivity contribution in [2.24, 2.45) is 7.05 Å². The molecule has 1 aliphatic rings. The molecule has 1 aromatic heterocycles. The maximum atomic E-state index is 11.1. The second-order valence-electron chi connectivity index (χ2n) is 3.69. The molecule has 1 heterocycles. The summed E-state index contributed by atoms with van der Waals surface area (Å²) >= 11 is 0. The molecular weight excluding hydrogens is 186 g/mol. The molecule has 0 saturated heterocycles. The number of aliphatic hydroxyl groups excluding tert-OH is 1. The van der Waals surface area contributed by atoms with Crippen LogP contribution in [-0.4, -0.2) is 37.3 Å². The number of aromatic nitrogens is 3. The Hall–Kier alpha value is -1.43. The van der Waals surface area contributed by atoms with Crippen LogP contribution in [0.4, 0.5) is 0 Å². The van der Waals surface area contributed by atoms with Crippen LogP contribution in [0.2, 0.25) is 0 Å². The monoisotopic (exact) mass is 197 g/mol. The summed E-state index contributed by atoms with van der Waals surface area (Å²) in [4.78, 5) is 11.1. The van der Waals surface area contributed by atoms with Gasteiger partial charge in [0.1, 0.15) is 5.41 Å². The third-order valence-corrected chi connectivity index (χ3v) is 2.78. The average Bonchev–Trinajstić information content (AvgIpc) is 2.45. The van der Waals surface area contributed by atoms with Crippen LogP contribution in [0.5, 0.6) is 0 Å². The lowest BCUT2D eigenvalue weighted by Crippen LogP contribution is -2.51. The summed E-state index contributed by atoms with van der Waals surface area (Å²) < 4.78 is 1.44. The summed E-state index contributed by atoms with van der Waals surface area (Å²) in [7, 11) is 1.65. The first-order chi connectivity index (χ1) is 6.56. The van der Waals surface area contributed by atoms with Gasteiger partial charge in [-0.15, -0.1) is 5.10 Å². The molecule has 2 N–H and O–H groups in total. The van der Waals surface area contributed by atoms with E-state index in [1.54, 1.807) is 7.05 Å². The Morgan fingerprint density at radius 3 is 2.71 bits per heavy atom. The molecule has 0 aromatic carbocycles. The highest BCUT2D eigenvalue weighted by Crippen LogP contribution is 2.43. The Labute approximate surface area is 80.2 Å². The number of aliphatic carboxylic acids is 1. The fraction of sp³-hybridized carbons (Fsp3) is 0.625. The summed E-state index contributed by atoms with van der Waals surface area (Å²) in [5.41, 5.74) is -0.437. The number of carboxylic acid groups (broad SMARTS) is 1. The molecule has 0 bridgehead atoms. The number of rotatable bonds is 2. The van der Waals surface area contributed by atoms with E-state index < -0.39 is 17.5 Å². The highest BCUT2D eigenvalue weighted by molar-refractivity contribution is 5.82. The predicted molar refractivity (Wildman–Crippen MR) is 45.6 cm³/mol. The second-order valence-corrected chi connectivity index (χ2v) is 3.69. The van der Waals surface area contributed by atoms with Crippen LogP contribution in [0.25, 0.3) is 0 Å². The zero-order valence-electron chi connectivity index (χ0n) is 7.71. The Kier molecular flexibility index (Phi) is 1.81. The van der Waals surface area contributed by atoms with Crippen LogP contribution < -0.4 is 0 Å². The Morgan fingerprint density at radius 2 is 2.36 bits per heavy atom. The molecule has 0 unspecified atom stereocenters. The topological polar surface area (TPSA) is 88.2 Å². The number of hydrogen-bond donors (Lipinski definition) is 2. The van der Waals surface area contributed by atoms with Crippen LogP contribution in [-0.2, 0) is 17.3 Å². The third kappa shape index (κ3) is 1.04. The summed E-state index contributed by atoms with van der Waals surface area (Å²) in [6.45, 7) is 0. The SMILES string of the molecule is Cn1nncc1C1(C(=O)O)CC(O)C1. The van der Waals surface area contributed by atoms with Crippen molar-refractivity contribution in [3.8, 4) is 0 Å². The largest absolute Gasteiger partial charge is 0.481 e. The van der Waals surface area contributed by atoms with Crippen molar-refractivity contribution in [1.29, 1.82) is 0 Å². The van der Waals surface area contributed by atoms with Gasteiger partial charge in [0.15, 0.2) is 0 Å². The molecular formula is C8H11N3O3. The van der Waals surface area contributed by atoms with Gasteiger partial charge in [-0.1, -0.05) is 5.21 Å². The molecule has 6 nitrogen and oxygen atoms in total. The lowest BCUT2D eigenvalue weighted by Gasteiger charge is -2.41. The smallest absolute Gasteiger partial charge is 0.315 e. The van der Waals surface area contributed by atoms with Gasteiger partial charge in [0.25, 0.3) is 0 Å². The van der Waals surface area contributed by atoms with E-state index in [0.717, 1.165) is 0 Å². The second kappa shape index (κ2) is 2.78. The molecule has 0 atom stereocenters. The van der Waals surface area contributed by atoms with E-state index in [9.17, 15) is 9.90 Å².